The van der Waals surface area contributed by atoms with E-state index in [-0.39, 0.29) is 10.7 Å². The minimum atomic E-state index is -0.471. The fourth-order valence-electron chi connectivity index (χ4n) is 0.935. The number of hydrogen-bond acceptors (Lipinski definition) is 2. The van der Waals surface area contributed by atoms with Crippen molar-refractivity contribution < 1.29 is 4.92 Å². The zero-order valence-electron chi connectivity index (χ0n) is 6.58. The second-order valence-corrected chi connectivity index (χ2v) is 2.99. The molecule has 12 heavy (non-hydrogen) atoms. The molecule has 0 N–H and O–H groups in total. The molecule has 0 saturated heterocycles. The average Bonchev–Trinajstić information content (AvgIpc) is 2.13. The van der Waals surface area contributed by atoms with Gasteiger partial charge < -0.3 is 0 Å². The summed E-state index contributed by atoms with van der Waals surface area (Å²) in [5.74, 6) is 0. The van der Waals surface area contributed by atoms with E-state index in [0.717, 1.165) is 5.57 Å². The molecule has 4 heteroatoms. The summed E-state index contributed by atoms with van der Waals surface area (Å²) in [5.41, 5.74) is 0.913. The van der Waals surface area contributed by atoms with E-state index in [0.29, 0.717) is 6.42 Å². The minimum Gasteiger partial charge on any atom is -0.258 e. The highest BCUT2D eigenvalue weighted by atomic mass is 35.5. The summed E-state index contributed by atoms with van der Waals surface area (Å²) >= 11 is 5.65. The molecular formula is C8H8ClNO2. The number of rotatable bonds is 1. The van der Waals surface area contributed by atoms with E-state index in [1.54, 1.807) is 6.08 Å². The first-order valence-electron chi connectivity index (χ1n) is 3.49. The molecule has 0 aromatic heterocycles. The summed E-state index contributed by atoms with van der Waals surface area (Å²) in [7, 11) is 0. The van der Waals surface area contributed by atoms with E-state index in [4.69, 9.17) is 11.6 Å². The van der Waals surface area contributed by atoms with E-state index in [1.807, 2.05) is 13.0 Å². The Labute approximate surface area is 75.2 Å². The van der Waals surface area contributed by atoms with E-state index in [9.17, 15) is 10.1 Å². The Morgan fingerprint density at radius 1 is 1.67 bits per heavy atom. The van der Waals surface area contributed by atoms with Gasteiger partial charge in [-0.05, 0) is 19.4 Å². The van der Waals surface area contributed by atoms with Crippen LogP contribution in [0.3, 0.4) is 0 Å². The number of nitrogens with zero attached hydrogens (tertiary/aromatic N) is 1. The van der Waals surface area contributed by atoms with Gasteiger partial charge in [-0.3, -0.25) is 10.1 Å². The first-order chi connectivity index (χ1) is 5.61. The van der Waals surface area contributed by atoms with Gasteiger partial charge in [0.15, 0.2) is 0 Å². The van der Waals surface area contributed by atoms with Crippen LogP contribution in [0.1, 0.15) is 13.3 Å². The summed E-state index contributed by atoms with van der Waals surface area (Å²) in [5, 5.41) is 10.6. The molecule has 0 unspecified atom stereocenters. The summed E-state index contributed by atoms with van der Waals surface area (Å²) in [4.78, 5) is 9.98. The van der Waals surface area contributed by atoms with Gasteiger partial charge in [-0.1, -0.05) is 23.3 Å². The maximum atomic E-state index is 10.4. The van der Waals surface area contributed by atoms with Crippen molar-refractivity contribution in [3.63, 3.8) is 0 Å². The van der Waals surface area contributed by atoms with Crippen molar-refractivity contribution in [1.29, 1.82) is 0 Å². The summed E-state index contributed by atoms with van der Waals surface area (Å²) in [6, 6.07) is 0. The van der Waals surface area contributed by atoms with Crippen LogP contribution in [-0.2, 0) is 0 Å². The summed E-state index contributed by atoms with van der Waals surface area (Å²) in [6.45, 7) is 1.84. The predicted octanol–water partition coefficient (Wildman–Crippen LogP) is 2.62. The van der Waals surface area contributed by atoms with Crippen LogP contribution in [0.25, 0.3) is 0 Å². The summed E-state index contributed by atoms with van der Waals surface area (Å²) < 4.78 is 0. The third-order valence-electron chi connectivity index (χ3n) is 1.53. The topological polar surface area (TPSA) is 43.1 Å². The van der Waals surface area contributed by atoms with Crippen LogP contribution in [0.4, 0.5) is 0 Å². The van der Waals surface area contributed by atoms with Crippen LogP contribution in [0, 0.1) is 10.1 Å². The fourth-order valence-corrected chi connectivity index (χ4v) is 1.15. The van der Waals surface area contributed by atoms with E-state index >= 15 is 0 Å². The van der Waals surface area contributed by atoms with Crippen molar-refractivity contribution in [3.05, 3.63) is 44.6 Å². The molecule has 0 bridgehead atoms. The third-order valence-corrected chi connectivity index (χ3v) is 1.85. The largest absolute Gasteiger partial charge is 0.287 e. The minimum absolute atomic E-state index is 0.0251. The van der Waals surface area contributed by atoms with Gasteiger partial charge in [-0.25, -0.2) is 0 Å². The zero-order valence-corrected chi connectivity index (χ0v) is 7.34. The van der Waals surface area contributed by atoms with Crippen molar-refractivity contribution >= 4 is 11.6 Å². The second kappa shape index (κ2) is 3.54. The predicted molar refractivity (Wildman–Crippen MR) is 47.4 cm³/mol. The quantitative estimate of drug-likeness (QED) is 0.466. The van der Waals surface area contributed by atoms with Gasteiger partial charge in [0.25, 0.3) is 5.70 Å². The number of allylic oxidation sites excluding steroid dienone is 5. The van der Waals surface area contributed by atoms with Gasteiger partial charge in [0.1, 0.15) is 5.03 Å². The summed E-state index contributed by atoms with van der Waals surface area (Å²) in [6.07, 6.45) is 5.59. The van der Waals surface area contributed by atoms with Gasteiger partial charge >= 0.3 is 0 Å². The normalized spacial score (nSPS) is 17.3. The highest BCUT2D eigenvalue weighted by Gasteiger charge is 2.14. The van der Waals surface area contributed by atoms with E-state index < -0.39 is 4.92 Å². The van der Waals surface area contributed by atoms with Crippen molar-refractivity contribution in [2.45, 2.75) is 13.3 Å². The van der Waals surface area contributed by atoms with Gasteiger partial charge in [-0.15, -0.1) is 0 Å². The Bertz CT molecular complexity index is 302. The molecule has 1 rings (SSSR count). The monoisotopic (exact) mass is 185 g/mol. The molecule has 0 aromatic carbocycles. The molecule has 3 nitrogen and oxygen atoms in total. The Balaban J connectivity index is 3.13. The van der Waals surface area contributed by atoms with E-state index in [2.05, 4.69) is 0 Å². The van der Waals surface area contributed by atoms with Crippen LogP contribution < -0.4 is 0 Å². The first kappa shape index (κ1) is 9.00. The maximum absolute atomic E-state index is 10.4. The smallest absolute Gasteiger partial charge is 0.258 e. The Morgan fingerprint density at radius 3 is 2.92 bits per heavy atom. The highest BCUT2D eigenvalue weighted by Crippen LogP contribution is 2.20. The van der Waals surface area contributed by atoms with Crippen LogP contribution in [0.2, 0.25) is 0 Å². The lowest BCUT2D eigenvalue weighted by Gasteiger charge is -1.92. The zero-order chi connectivity index (χ0) is 9.14. The maximum Gasteiger partial charge on any atom is 0.287 e. The fraction of sp³-hybridized carbons (Fsp3) is 0.250. The third kappa shape index (κ3) is 1.95. The SMILES string of the molecule is CC1=CC([N+](=O)[O-])=C(Cl)C=CC1. The van der Waals surface area contributed by atoms with Crippen molar-refractivity contribution in [3.8, 4) is 0 Å². The highest BCUT2D eigenvalue weighted by molar-refractivity contribution is 6.31. The second-order valence-electron chi connectivity index (χ2n) is 2.59. The number of nitro groups is 1. The Hall–Kier alpha value is -1.09. The first-order valence-corrected chi connectivity index (χ1v) is 3.87. The molecule has 0 aromatic rings. The molecule has 64 valence electrons. The van der Waals surface area contributed by atoms with Gasteiger partial charge in [-0.2, -0.15) is 0 Å². The van der Waals surface area contributed by atoms with Crippen molar-refractivity contribution in [1.82, 2.24) is 0 Å². The van der Waals surface area contributed by atoms with E-state index in [1.165, 1.54) is 6.08 Å². The molecular weight excluding hydrogens is 178 g/mol. The molecule has 0 amide bonds. The van der Waals surface area contributed by atoms with Crippen molar-refractivity contribution in [2.24, 2.45) is 0 Å². The van der Waals surface area contributed by atoms with Gasteiger partial charge in [0, 0.05) is 6.08 Å². The molecule has 0 heterocycles. The molecule has 1 aliphatic rings. The van der Waals surface area contributed by atoms with Crippen molar-refractivity contribution in [2.75, 3.05) is 0 Å². The standard InChI is InChI=1S/C8H8ClNO2/c1-6-3-2-4-7(9)8(5-6)10(11)12/h2,4-5H,3H2,1H3. The average molecular weight is 186 g/mol. The molecule has 0 radical (unpaired) electrons. The van der Waals surface area contributed by atoms with Gasteiger partial charge in [0.05, 0.1) is 4.92 Å². The Morgan fingerprint density at radius 2 is 2.33 bits per heavy atom. The number of hydrogen-bond donors (Lipinski definition) is 0. The lowest BCUT2D eigenvalue weighted by atomic mass is 10.2. The van der Waals surface area contributed by atoms with Crippen LogP contribution >= 0.6 is 11.6 Å². The lowest BCUT2D eigenvalue weighted by Crippen LogP contribution is -1.97. The Kier molecular flexibility index (Phi) is 2.65. The molecule has 0 atom stereocenters. The molecule has 0 aliphatic heterocycles. The molecule has 0 fully saturated rings. The van der Waals surface area contributed by atoms with Crippen LogP contribution in [0.15, 0.2) is 34.5 Å². The molecule has 0 spiro atoms. The lowest BCUT2D eigenvalue weighted by molar-refractivity contribution is -0.419. The molecule has 1 aliphatic carbocycles. The van der Waals surface area contributed by atoms with Gasteiger partial charge in [0.2, 0.25) is 0 Å². The van der Waals surface area contributed by atoms with Crippen LogP contribution in [0.5, 0.6) is 0 Å². The molecule has 0 saturated carbocycles. The number of halogens is 1. The van der Waals surface area contributed by atoms with Crippen LogP contribution in [-0.4, -0.2) is 4.92 Å².